The van der Waals surface area contributed by atoms with Gasteiger partial charge in [-0.05, 0) is 74.5 Å². The lowest BCUT2D eigenvalue weighted by atomic mass is 9.94. The summed E-state index contributed by atoms with van der Waals surface area (Å²) in [7, 11) is 0. The van der Waals surface area contributed by atoms with Crippen LogP contribution >= 0.6 is 34.8 Å². The third-order valence-electron chi connectivity index (χ3n) is 18.9. The van der Waals surface area contributed by atoms with Crippen LogP contribution in [-0.2, 0) is 147 Å². The predicted octanol–water partition coefficient (Wildman–Crippen LogP) is 7.42. The molecule has 10 rings (SSSR count). The first-order chi connectivity index (χ1) is 58.5. The maximum absolute atomic E-state index is 15.4. The fourth-order valence-corrected chi connectivity index (χ4v) is 13.8. The van der Waals surface area contributed by atoms with Gasteiger partial charge in [-0.15, -0.1) is 0 Å². The maximum atomic E-state index is 15.4. The number of benzene rings is 5. The molecule has 0 unspecified atom stereocenters. The number of rotatable bonds is 30. The number of halogens is 3. The molecule has 0 bridgehead atoms. The van der Waals surface area contributed by atoms with E-state index in [2.05, 4.69) is 0 Å². The van der Waals surface area contributed by atoms with Crippen LogP contribution in [0.2, 0.25) is 0 Å². The van der Waals surface area contributed by atoms with Crippen molar-refractivity contribution >= 4 is 118 Å². The molecule has 0 aliphatic carbocycles. The molecule has 5 aromatic rings. The molecule has 5 saturated heterocycles. The van der Waals surface area contributed by atoms with Crippen LogP contribution in [0, 0.1) is 5.41 Å². The summed E-state index contributed by atoms with van der Waals surface area (Å²) in [5, 5.41) is 8.95. The highest BCUT2D eigenvalue weighted by molar-refractivity contribution is 6.76. The Morgan fingerprint density at radius 1 is 0.293 bits per heavy atom. The average molecular weight is 1780 g/mol. The van der Waals surface area contributed by atoms with Crippen LogP contribution in [0.4, 0.5) is 0 Å². The van der Waals surface area contributed by atoms with Crippen molar-refractivity contribution < 1.29 is 171 Å². The summed E-state index contributed by atoms with van der Waals surface area (Å²) in [6.07, 6.45) is -48.9. The van der Waals surface area contributed by atoms with E-state index < -0.39 is 255 Å². The first kappa shape index (κ1) is 94.4. The normalized spacial score (nSPS) is 29.2. The van der Waals surface area contributed by atoms with E-state index in [1.165, 1.54) is 135 Å². The molecular formula is C83H88Cl3NO36. The summed E-state index contributed by atoms with van der Waals surface area (Å²) in [6.45, 7) is 7.89. The van der Waals surface area contributed by atoms with Gasteiger partial charge in [-0.2, -0.15) is 0 Å². The zero-order chi connectivity index (χ0) is 89.1. The summed E-state index contributed by atoms with van der Waals surface area (Å²) < 4.78 is 142. The van der Waals surface area contributed by atoms with Crippen molar-refractivity contribution in [2.75, 3.05) is 19.8 Å². The Bertz CT molecular complexity index is 4530. The number of carbonyl (C=O) groups excluding carboxylic acids is 13. The first-order valence-corrected chi connectivity index (χ1v) is 39.4. The van der Waals surface area contributed by atoms with Crippen LogP contribution in [0.3, 0.4) is 0 Å². The van der Waals surface area contributed by atoms with Crippen LogP contribution in [0.25, 0.3) is 0 Å². The summed E-state index contributed by atoms with van der Waals surface area (Å²) in [5.41, 5.74) is -0.695. The van der Waals surface area contributed by atoms with Crippen molar-refractivity contribution in [3.8, 4) is 0 Å². The topological polar surface area (TPSA) is 458 Å². The van der Waals surface area contributed by atoms with Crippen LogP contribution < -0.4 is 0 Å². The first-order valence-electron chi connectivity index (χ1n) is 38.3. The summed E-state index contributed by atoms with van der Waals surface area (Å²) in [4.78, 5) is 180. The lowest BCUT2D eigenvalue weighted by molar-refractivity contribution is -0.404. The van der Waals surface area contributed by atoms with E-state index in [9.17, 15) is 52.7 Å². The molecule has 37 nitrogen and oxygen atoms in total. The second-order valence-electron chi connectivity index (χ2n) is 28.2. The molecule has 0 radical (unpaired) electrons. The molecular weight excluding hydrogens is 1690 g/mol. The molecule has 0 spiro atoms. The summed E-state index contributed by atoms with van der Waals surface area (Å²) >= 11 is 18.9. The van der Waals surface area contributed by atoms with Gasteiger partial charge in [-0.25, -0.2) is 24.0 Å². The van der Waals surface area contributed by atoms with Gasteiger partial charge in [-0.1, -0.05) is 126 Å². The number of esters is 13. The van der Waals surface area contributed by atoms with E-state index in [1.54, 1.807) is 30.3 Å². The molecule has 5 aliphatic heterocycles. The number of ether oxygens (including phenoxy) is 23. The summed E-state index contributed by atoms with van der Waals surface area (Å²) in [5.74, 6) is -15.1. The summed E-state index contributed by atoms with van der Waals surface area (Å²) in [6, 6.07) is 36.1. The highest BCUT2D eigenvalue weighted by Crippen LogP contribution is 2.43. The molecule has 123 heavy (non-hydrogen) atoms. The van der Waals surface area contributed by atoms with Gasteiger partial charge in [0.25, 0.3) is 3.79 Å². The van der Waals surface area contributed by atoms with Crippen molar-refractivity contribution in [3.63, 3.8) is 0 Å². The Morgan fingerprint density at radius 2 is 0.577 bits per heavy atom. The molecule has 5 aromatic carbocycles. The molecule has 5 fully saturated rings. The van der Waals surface area contributed by atoms with Gasteiger partial charge in [0.1, 0.15) is 68.7 Å². The SMILES string of the molecule is CC(=O)OC[C@H]1O[C@H](O[C@@H]2[C@@H](O[C@@H]3[C@@H](OC(=O)c4ccccc4)[C@@H](OC(=O)c4ccccc4)[C@H](O[C@H]4[C@@H](OC(=O)c5ccccc5)[C@@H](COC(=O)c5ccccc5)O[C@H](OC(=N)C(Cl)(Cl)Cl)[C@@H]4OC(=O)c4ccccc4)O[C@H]3C)O[C@H](COC(C)=O)[C@@H](OC(C)=O)[C@@H]2O[C@H]2O[C@H](C)[C@H](OC(C)=O)C[C@H]2OC(C)=O)[C@H](OC(C)=O)[C@@H](OC(C)=O)[C@H]1OC(C)=O. The second-order valence-corrected chi connectivity index (χ2v) is 30.5. The minimum Gasteiger partial charge on any atom is -0.463 e. The Hall–Kier alpha value is -10.8. The molecule has 0 aromatic heterocycles. The highest BCUT2D eigenvalue weighted by atomic mass is 35.6. The van der Waals surface area contributed by atoms with Gasteiger partial charge in [0, 0.05) is 61.8 Å². The second kappa shape index (κ2) is 43.5. The lowest BCUT2D eigenvalue weighted by Crippen LogP contribution is -2.70. The Morgan fingerprint density at radius 3 is 1.00 bits per heavy atom. The number of hydrogen-bond donors (Lipinski definition) is 1. The van der Waals surface area contributed by atoms with Crippen molar-refractivity contribution in [3.05, 3.63) is 179 Å². The van der Waals surface area contributed by atoms with E-state index in [-0.39, 0.29) is 34.2 Å². The lowest BCUT2D eigenvalue weighted by Gasteiger charge is -2.52. The van der Waals surface area contributed by atoms with Gasteiger partial charge < -0.3 is 109 Å². The van der Waals surface area contributed by atoms with Crippen LogP contribution in [-0.4, -0.2) is 255 Å². The zero-order valence-corrected chi connectivity index (χ0v) is 69.7. The Labute approximate surface area is 717 Å². The Kier molecular flexibility index (Phi) is 33.4. The predicted molar refractivity (Wildman–Crippen MR) is 414 cm³/mol. The van der Waals surface area contributed by atoms with Gasteiger partial charge in [-0.3, -0.25) is 43.8 Å². The van der Waals surface area contributed by atoms with E-state index >= 15 is 9.59 Å². The fraction of sp³-hybridized carbons (Fsp3) is 0.470. The molecule has 40 heteroatoms. The van der Waals surface area contributed by atoms with Crippen molar-refractivity contribution in [1.29, 1.82) is 5.41 Å². The third kappa shape index (κ3) is 25.9. The van der Waals surface area contributed by atoms with E-state index in [0.717, 1.165) is 55.4 Å². The zero-order valence-electron chi connectivity index (χ0n) is 67.4. The minimum absolute atomic E-state index is 0.000713. The van der Waals surface area contributed by atoms with Crippen LogP contribution in [0.1, 0.15) is 127 Å². The minimum atomic E-state index is -2.74. The quantitative estimate of drug-likeness (QED) is 0.0153. The Balaban J connectivity index is 1.21. The monoisotopic (exact) mass is 1780 g/mol. The molecule has 1 N–H and O–H groups in total. The average Bonchev–Trinajstić information content (AvgIpc) is 0.753. The number of alkyl halides is 3. The smallest absolute Gasteiger partial charge is 0.338 e. The van der Waals surface area contributed by atoms with Gasteiger partial charge in [0.2, 0.25) is 12.2 Å². The van der Waals surface area contributed by atoms with Crippen LogP contribution in [0.15, 0.2) is 152 Å². The molecule has 5 heterocycles. The van der Waals surface area contributed by atoms with Crippen molar-refractivity contribution in [2.45, 2.75) is 227 Å². The standard InChI is InChI=1S/C83H88Cl3NO36/c1-40-55(106-44(5)90)36-56(107-45(6)91)77(104-40)120-66-62(109-47(8)93)58(38-102-43(4)89)113-80(71(66)122-79-68(111-49(10)95)65(110-48(9)94)61(108-46(7)92)57(112-79)37-101-42(3)88)119-60-41(2)105-78(69(117-75(99)53-32-22-14-23-33-53)64(60)116-74(98)52-30-20-13-21-31-52)121-67-63(115-73(97)51-28-18-12-19-29-51)59(39-103-72(96)50-26-16-11-17-27-50)114-81(123-82(87)83(84,85)86)70(67)118-76(100)54-34-24-15-25-35-54/h11-35,40-41,55-71,77-81,87H,36-39H2,1-10H3/t40-,41+,55-,56-,57-,58-,59-,60+,61+,62-,63+,64-,65+,66+,67+,68-,69-,70-,71+,77-,78+,79-,80-,81-/m1/s1. The fourth-order valence-electron chi connectivity index (χ4n) is 13.7. The van der Waals surface area contributed by atoms with Crippen LogP contribution in [0.5, 0.6) is 0 Å². The molecule has 24 atom stereocenters. The van der Waals surface area contributed by atoms with Crippen molar-refractivity contribution in [2.24, 2.45) is 0 Å². The van der Waals surface area contributed by atoms with Gasteiger partial charge in [0.15, 0.2) is 80.1 Å². The molecule has 0 amide bonds. The van der Waals surface area contributed by atoms with Gasteiger partial charge >= 0.3 is 77.6 Å². The molecule has 662 valence electrons. The third-order valence-corrected chi connectivity index (χ3v) is 19.5. The van der Waals surface area contributed by atoms with Crippen molar-refractivity contribution in [1.82, 2.24) is 0 Å². The number of carbonyl (C=O) groups is 13. The highest BCUT2D eigenvalue weighted by Gasteiger charge is 2.63. The molecule has 5 aliphatic rings. The molecule has 0 saturated carbocycles. The largest absolute Gasteiger partial charge is 0.463 e. The number of hydrogen-bond acceptors (Lipinski definition) is 37. The van der Waals surface area contributed by atoms with E-state index in [4.69, 9.17) is 149 Å². The van der Waals surface area contributed by atoms with E-state index in [0.29, 0.717) is 0 Å². The maximum Gasteiger partial charge on any atom is 0.338 e. The number of nitrogens with one attached hydrogen (secondary N) is 1. The van der Waals surface area contributed by atoms with E-state index in [1.807, 2.05) is 0 Å². The van der Waals surface area contributed by atoms with Gasteiger partial charge in [0.05, 0.1) is 40.0 Å².